The minimum atomic E-state index is -1.51. The summed E-state index contributed by atoms with van der Waals surface area (Å²) >= 11 is 4.56. The lowest BCUT2D eigenvalue weighted by atomic mass is 9.92. The summed E-state index contributed by atoms with van der Waals surface area (Å²) in [5.41, 5.74) is 7.67. The molecular formula is C35H40ClN3O5S. The van der Waals surface area contributed by atoms with Crippen molar-refractivity contribution >= 4 is 40.7 Å². The molecule has 10 heteroatoms. The predicted molar refractivity (Wildman–Crippen MR) is 175 cm³/mol. The molecule has 8 nitrogen and oxygen atoms in total. The summed E-state index contributed by atoms with van der Waals surface area (Å²) in [6.45, 7) is 0.349. The Morgan fingerprint density at radius 3 is 2.40 bits per heavy atom. The normalized spacial score (nSPS) is 19.3. The van der Waals surface area contributed by atoms with Crippen LogP contribution in [-0.2, 0) is 38.7 Å². The quantitative estimate of drug-likeness (QED) is 0.144. The molecule has 0 radical (unpaired) electrons. The maximum Gasteiger partial charge on any atom is 0.264 e. The molecule has 5 rings (SSSR count). The highest BCUT2D eigenvalue weighted by Crippen LogP contribution is 2.43. The van der Waals surface area contributed by atoms with Crippen LogP contribution in [0.4, 0.5) is 0 Å². The van der Waals surface area contributed by atoms with Gasteiger partial charge in [0.05, 0.1) is 0 Å². The topological polar surface area (TPSA) is 125 Å². The van der Waals surface area contributed by atoms with Gasteiger partial charge in [0, 0.05) is 30.3 Å². The molecule has 1 fully saturated rings. The Labute approximate surface area is 273 Å². The van der Waals surface area contributed by atoms with Gasteiger partial charge in [-0.25, -0.2) is 0 Å². The molecule has 3 amide bonds. The van der Waals surface area contributed by atoms with E-state index in [2.05, 4.69) is 4.72 Å². The Morgan fingerprint density at radius 1 is 0.911 bits per heavy atom. The van der Waals surface area contributed by atoms with Crippen molar-refractivity contribution in [1.29, 1.82) is 0 Å². The fourth-order valence-corrected chi connectivity index (χ4v) is 7.03. The van der Waals surface area contributed by atoms with Crippen LogP contribution >= 0.6 is 11.6 Å². The predicted octanol–water partition coefficient (Wildman–Crippen LogP) is 6.47. The molecule has 1 aliphatic heterocycles. The van der Waals surface area contributed by atoms with Gasteiger partial charge in [-0.2, -0.15) is 4.72 Å². The lowest BCUT2D eigenvalue weighted by Crippen LogP contribution is -2.51. The number of carbonyl (C=O) groups excluding carboxylic acids is 3. The maximum atomic E-state index is 13.1. The SMILES string of the molecule is NC(=O)C1Cc2cc(Oc3cccc(Cl)c3)ccc2CN1C(=O)CCCCCCCC[C@@H]1C[C@@H]1C(=O)N[S+]([O-])c1ccccc1. The van der Waals surface area contributed by atoms with Gasteiger partial charge >= 0.3 is 0 Å². The van der Waals surface area contributed by atoms with Crippen molar-refractivity contribution in [3.63, 3.8) is 0 Å². The second-order valence-corrected chi connectivity index (χ2v) is 13.6. The number of nitrogens with two attached hydrogens (primary N) is 1. The Bertz CT molecular complexity index is 1490. The number of carbonyl (C=O) groups is 3. The zero-order chi connectivity index (χ0) is 31.8. The lowest BCUT2D eigenvalue weighted by Gasteiger charge is -2.35. The van der Waals surface area contributed by atoms with Crippen molar-refractivity contribution in [1.82, 2.24) is 9.62 Å². The van der Waals surface area contributed by atoms with Gasteiger partial charge in [0.2, 0.25) is 11.8 Å². The van der Waals surface area contributed by atoms with Crippen LogP contribution in [0.25, 0.3) is 0 Å². The fourth-order valence-electron chi connectivity index (χ4n) is 6.00. The van der Waals surface area contributed by atoms with Crippen LogP contribution in [0.2, 0.25) is 5.02 Å². The van der Waals surface area contributed by atoms with Crippen LogP contribution < -0.4 is 15.2 Å². The first-order valence-corrected chi connectivity index (χ1v) is 17.2. The fraction of sp³-hybridized carbons (Fsp3) is 0.400. The molecule has 3 N–H and O–H groups in total. The molecular weight excluding hydrogens is 610 g/mol. The number of nitrogens with zero attached hydrogens (tertiary/aromatic N) is 1. The van der Waals surface area contributed by atoms with Crippen molar-refractivity contribution in [3.8, 4) is 11.5 Å². The van der Waals surface area contributed by atoms with E-state index in [1.165, 1.54) is 0 Å². The van der Waals surface area contributed by atoms with Crippen LogP contribution in [0.5, 0.6) is 11.5 Å². The first-order valence-electron chi connectivity index (χ1n) is 15.7. The van der Waals surface area contributed by atoms with Crippen molar-refractivity contribution in [3.05, 3.63) is 88.9 Å². The second kappa shape index (κ2) is 15.7. The number of hydrogen-bond acceptors (Lipinski definition) is 5. The summed E-state index contributed by atoms with van der Waals surface area (Å²) in [4.78, 5) is 40.1. The molecule has 3 aromatic carbocycles. The van der Waals surface area contributed by atoms with Gasteiger partial charge in [-0.3, -0.25) is 14.4 Å². The Balaban J connectivity index is 0.975. The average molecular weight is 650 g/mol. The summed E-state index contributed by atoms with van der Waals surface area (Å²) in [6.07, 6.45) is 8.60. The van der Waals surface area contributed by atoms with E-state index < -0.39 is 23.3 Å². The molecule has 4 atom stereocenters. The number of benzene rings is 3. The summed E-state index contributed by atoms with van der Waals surface area (Å²) in [5.74, 6) is 0.944. The van der Waals surface area contributed by atoms with Crippen LogP contribution in [0, 0.1) is 11.8 Å². The Hall–Kier alpha value is -3.53. The van der Waals surface area contributed by atoms with Crippen LogP contribution in [0.1, 0.15) is 68.9 Å². The number of hydrogen-bond donors (Lipinski definition) is 2. The number of primary amides is 1. The van der Waals surface area contributed by atoms with E-state index in [1.807, 2.05) is 36.4 Å². The maximum absolute atomic E-state index is 13.1. The van der Waals surface area contributed by atoms with Crippen LogP contribution in [0.3, 0.4) is 0 Å². The van der Waals surface area contributed by atoms with E-state index in [1.54, 1.807) is 41.3 Å². The van der Waals surface area contributed by atoms with E-state index in [4.69, 9.17) is 22.1 Å². The largest absolute Gasteiger partial charge is 0.588 e. The zero-order valence-corrected chi connectivity index (χ0v) is 26.9. The highest BCUT2D eigenvalue weighted by molar-refractivity contribution is 7.90. The van der Waals surface area contributed by atoms with Gasteiger partial charge in [-0.05, 0) is 78.8 Å². The lowest BCUT2D eigenvalue weighted by molar-refractivity contribution is -0.140. The minimum absolute atomic E-state index is 0.0288. The van der Waals surface area contributed by atoms with E-state index in [-0.39, 0.29) is 17.7 Å². The smallest absolute Gasteiger partial charge is 0.264 e. The number of unbranched alkanes of at least 4 members (excludes halogenated alkanes) is 5. The molecule has 0 spiro atoms. The van der Waals surface area contributed by atoms with Crippen molar-refractivity contribution in [2.45, 2.75) is 81.7 Å². The van der Waals surface area contributed by atoms with E-state index in [0.717, 1.165) is 62.5 Å². The van der Waals surface area contributed by atoms with Gasteiger partial charge in [0.25, 0.3) is 5.91 Å². The van der Waals surface area contributed by atoms with Crippen molar-refractivity contribution < 1.29 is 23.7 Å². The molecule has 1 aliphatic carbocycles. The summed E-state index contributed by atoms with van der Waals surface area (Å²) in [5, 5.41) is 0.582. The molecule has 3 aromatic rings. The summed E-state index contributed by atoms with van der Waals surface area (Å²) < 4.78 is 20.9. The van der Waals surface area contributed by atoms with Gasteiger partial charge in [-0.15, -0.1) is 0 Å². The first-order chi connectivity index (χ1) is 21.8. The van der Waals surface area contributed by atoms with Crippen molar-refractivity contribution in [2.24, 2.45) is 17.6 Å². The molecule has 0 saturated heterocycles. The van der Waals surface area contributed by atoms with Crippen molar-refractivity contribution in [2.75, 3.05) is 0 Å². The molecule has 45 heavy (non-hydrogen) atoms. The number of amides is 3. The van der Waals surface area contributed by atoms with Crippen LogP contribution in [0.15, 0.2) is 77.7 Å². The van der Waals surface area contributed by atoms with Gasteiger partial charge in [0.15, 0.2) is 4.90 Å². The number of nitrogens with one attached hydrogen (secondary N) is 1. The third-order valence-corrected chi connectivity index (χ3v) is 9.94. The standard InChI is InChI=1S/C35H40ClN3O5S/c36-27-12-10-13-28(22-27)44-29-18-17-25-23-39(32(34(37)41)21-26(25)19-29)33(40)16-9-4-2-1-3-6-11-24-20-31(24)35(42)38-45(43)30-14-7-5-8-15-30/h5,7-8,10,12-15,17-19,22,24,31-32H,1-4,6,9,11,16,20-21,23H2,(H2,37,41)(H,38,42)/t24-,31+,32?,45?/m1/s1. The molecule has 2 aliphatic rings. The molecule has 2 unspecified atom stereocenters. The van der Waals surface area contributed by atoms with E-state index in [0.29, 0.717) is 46.7 Å². The van der Waals surface area contributed by atoms with Gasteiger partial charge in [0.1, 0.15) is 28.9 Å². The summed E-state index contributed by atoms with van der Waals surface area (Å²) in [7, 11) is 0. The second-order valence-electron chi connectivity index (χ2n) is 11.9. The highest BCUT2D eigenvalue weighted by Gasteiger charge is 2.43. The number of fused-ring (bicyclic) bond motifs is 1. The van der Waals surface area contributed by atoms with Crippen LogP contribution in [-0.4, -0.2) is 33.2 Å². The van der Waals surface area contributed by atoms with E-state index in [9.17, 15) is 18.9 Å². The molecule has 1 heterocycles. The third-order valence-electron chi connectivity index (χ3n) is 8.61. The first kappa shape index (κ1) is 32.9. The Morgan fingerprint density at radius 2 is 1.64 bits per heavy atom. The number of halogens is 1. The zero-order valence-electron chi connectivity index (χ0n) is 25.3. The molecule has 1 saturated carbocycles. The van der Waals surface area contributed by atoms with E-state index >= 15 is 0 Å². The molecule has 238 valence electrons. The average Bonchev–Trinajstić information content (AvgIpc) is 3.82. The van der Waals surface area contributed by atoms with Gasteiger partial charge in [-0.1, -0.05) is 74.0 Å². The third kappa shape index (κ3) is 9.25. The Kier molecular flexibility index (Phi) is 11.4. The number of rotatable bonds is 15. The molecule has 0 bridgehead atoms. The highest BCUT2D eigenvalue weighted by atomic mass is 35.5. The minimum Gasteiger partial charge on any atom is -0.588 e. The monoisotopic (exact) mass is 649 g/mol. The summed E-state index contributed by atoms with van der Waals surface area (Å²) in [6, 6.07) is 21.1. The van der Waals surface area contributed by atoms with Gasteiger partial charge < -0.3 is 19.9 Å². The number of ether oxygens (including phenoxy) is 1. The molecule has 0 aromatic heterocycles.